The fourth-order valence-electron chi connectivity index (χ4n) is 10.9. The Morgan fingerprint density at radius 1 is 0.522 bits per heavy atom. The number of imidazole rings is 1. The smallest absolute Gasteiger partial charge is 0.144 e. The minimum absolute atomic E-state index is 0.135. The van der Waals surface area contributed by atoms with Crippen LogP contribution in [0.2, 0.25) is 0 Å². The van der Waals surface area contributed by atoms with Crippen LogP contribution < -0.4 is 0 Å². The lowest BCUT2D eigenvalue weighted by Crippen LogP contribution is -2.06. The van der Waals surface area contributed by atoms with Crippen molar-refractivity contribution in [2.75, 3.05) is 0 Å². The minimum atomic E-state index is 0.135. The molecule has 4 heteroatoms. The van der Waals surface area contributed by atoms with Gasteiger partial charge in [0.25, 0.3) is 0 Å². The second kappa shape index (κ2) is 15.6. The van der Waals surface area contributed by atoms with Gasteiger partial charge in [-0.3, -0.25) is 4.57 Å². The Morgan fingerprint density at radius 3 is 1.99 bits per heavy atom. The number of para-hydroxylation sites is 2. The van der Waals surface area contributed by atoms with Gasteiger partial charge in [-0.25, -0.2) is 4.98 Å². The topological polar surface area (TPSA) is 35.9 Å². The standard InChI is InChI=1S/C63H45N3O/c1-40-24-29-51(41(2)62(40)65-33-32-64-63(65)43-15-4-3-5-16-43)47-28-31-61-57(39-47)56-38-45(27-30-60(56)67-61)49-35-48(44-26-25-42-14-6-8-18-52(42)53-19-9-7-17-46(53)34-44)36-50(37-49)66-58-22-12-10-20-54(58)55-21-11-13-23-59(55)66/h3-33,35-39,44H,34H2,1-2H3. The fourth-order valence-corrected chi connectivity index (χ4v) is 10.9. The second-order valence-electron chi connectivity index (χ2n) is 18.0. The van der Waals surface area contributed by atoms with Gasteiger partial charge in [0.1, 0.15) is 17.0 Å². The molecule has 0 N–H and O–H groups in total. The molecule has 318 valence electrons. The molecule has 0 radical (unpaired) electrons. The van der Waals surface area contributed by atoms with Crippen molar-refractivity contribution >= 4 is 49.8 Å². The summed E-state index contributed by atoms with van der Waals surface area (Å²) in [6, 6.07) is 70.8. The average Bonchev–Trinajstić information content (AvgIpc) is 4.09. The maximum absolute atomic E-state index is 6.59. The summed E-state index contributed by atoms with van der Waals surface area (Å²) in [5.41, 5.74) is 21.0. The maximum Gasteiger partial charge on any atom is 0.144 e. The Labute approximate surface area is 389 Å². The first-order valence-corrected chi connectivity index (χ1v) is 23.2. The van der Waals surface area contributed by atoms with Crippen LogP contribution >= 0.6 is 0 Å². The summed E-state index contributed by atoms with van der Waals surface area (Å²) < 4.78 is 11.3. The third-order valence-corrected chi connectivity index (χ3v) is 14.1. The summed E-state index contributed by atoms with van der Waals surface area (Å²) >= 11 is 0. The van der Waals surface area contributed by atoms with E-state index in [4.69, 9.17) is 9.40 Å². The molecule has 0 spiro atoms. The molecule has 0 aliphatic heterocycles. The number of rotatable bonds is 6. The fraction of sp³-hybridized carbons (Fsp3) is 0.0635. The van der Waals surface area contributed by atoms with E-state index < -0.39 is 0 Å². The quantitative estimate of drug-likeness (QED) is 0.167. The van der Waals surface area contributed by atoms with E-state index in [1.807, 2.05) is 12.3 Å². The predicted octanol–water partition coefficient (Wildman–Crippen LogP) is 16.5. The van der Waals surface area contributed by atoms with Crippen LogP contribution in [0.1, 0.15) is 33.7 Å². The Kier molecular flexibility index (Phi) is 9.07. The van der Waals surface area contributed by atoms with E-state index in [1.54, 1.807) is 0 Å². The second-order valence-corrected chi connectivity index (χ2v) is 18.0. The number of furan rings is 1. The molecule has 1 atom stereocenters. The molecular formula is C63H45N3O. The minimum Gasteiger partial charge on any atom is -0.456 e. The van der Waals surface area contributed by atoms with Crippen LogP contribution in [0.3, 0.4) is 0 Å². The number of aromatic nitrogens is 3. The number of allylic oxidation sites excluding steroid dienone is 1. The van der Waals surface area contributed by atoms with Gasteiger partial charge in [0.15, 0.2) is 0 Å². The zero-order valence-corrected chi connectivity index (χ0v) is 37.3. The SMILES string of the molecule is Cc1ccc(-c2ccc3oc4ccc(-c5cc(C6C=Cc7ccccc7-c7ccccc7C6)cc(-n6c7ccccc7c7ccccc76)c5)cc4c3c2)c(C)c1-n1ccnc1-c1ccccc1. The van der Waals surface area contributed by atoms with Gasteiger partial charge in [0, 0.05) is 51.1 Å². The predicted molar refractivity (Wildman–Crippen MR) is 278 cm³/mol. The summed E-state index contributed by atoms with van der Waals surface area (Å²) in [5.74, 6) is 1.06. The third-order valence-electron chi connectivity index (χ3n) is 14.1. The van der Waals surface area contributed by atoms with Crippen LogP contribution in [-0.4, -0.2) is 14.1 Å². The molecular weight excluding hydrogens is 815 g/mol. The molecule has 13 rings (SSSR count). The highest BCUT2D eigenvalue weighted by molar-refractivity contribution is 6.10. The molecule has 0 saturated carbocycles. The summed E-state index contributed by atoms with van der Waals surface area (Å²) in [6.45, 7) is 4.41. The molecule has 9 aromatic carbocycles. The molecule has 3 heterocycles. The highest BCUT2D eigenvalue weighted by atomic mass is 16.3. The highest BCUT2D eigenvalue weighted by Crippen LogP contribution is 2.42. The van der Waals surface area contributed by atoms with Crippen LogP contribution in [-0.2, 0) is 6.42 Å². The van der Waals surface area contributed by atoms with Crippen molar-refractivity contribution in [1.82, 2.24) is 14.1 Å². The molecule has 1 unspecified atom stereocenters. The van der Waals surface area contributed by atoms with Gasteiger partial charge in [0.05, 0.1) is 16.7 Å². The van der Waals surface area contributed by atoms with Gasteiger partial charge in [0.2, 0.25) is 0 Å². The van der Waals surface area contributed by atoms with Crippen molar-refractivity contribution in [3.63, 3.8) is 0 Å². The molecule has 67 heavy (non-hydrogen) atoms. The average molecular weight is 860 g/mol. The Morgan fingerprint density at radius 2 is 1.19 bits per heavy atom. The Balaban J connectivity index is 0.976. The van der Waals surface area contributed by atoms with E-state index in [0.29, 0.717) is 0 Å². The van der Waals surface area contributed by atoms with Crippen LogP contribution in [0.15, 0.2) is 217 Å². The van der Waals surface area contributed by atoms with E-state index in [-0.39, 0.29) is 5.92 Å². The lowest BCUT2D eigenvalue weighted by atomic mass is 9.83. The van der Waals surface area contributed by atoms with Crippen molar-refractivity contribution in [3.8, 4) is 56.1 Å². The summed E-state index contributed by atoms with van der Waals surface area (Å²) in [7, 11) is 0. The van der Waals surface area contributed by atoms with E-state index in [0.717, 1.165) is 62.2 Å². The molecule has 0 amide bonds. The summed E-state index contributed by atoms with van der Waals surface area (Å²) in [6.07, 6.45) is 9.61. The number of benzene rings is 9. The van der Waals surface area contributed by atoms with Crippen molar-refractivity contribution in [1.29, 1.82) is 0 Å². The third kappa shape index (κ3) is 6.47. The van der Waals surface area contributed by atoms with Crippen LogP contribution in [0.4, 0.5) is 0 Å². The summed E-state index contributed by atoms with van der Waals surface area (Å²) in [4.78, 5) is 4.80. The van der Waals surface area contributed by atoms with E-state index in [1.165, 1.54) is 71.9 Å². The van der Waals surface area contributed by atoms with Gasteiger partial charge >= 0.3 is 0 Å². The van der Waals surface area contributed by atoms with Crippen LogP contribution in [0.25, 0.3) is 106 Å². The Hall–Kier alpha value is -8.47. The van der Waals surface area contributed by atoms with E-state index in [9.17, 15) is 0 Å². The van der Waals surface area contributed by atoms with Gasteiger partial charge in [-0.05, 0) is 130 Å². The van der Waals surface area contributed by atoms with Crippen molar-refractivity contribution in [3.05, 3.63) is 240 Å². The zero-order chi connectivity index (χ0) is 44.6. The lowest BCUT2D eigenvalue weighted by molar-refractivity contribution is 0.669. The molecule has 1 aliphatic rings. The largest absolute Gasteiger partial charge is 0.456 e. The zero-order valence-electron chi connectivity index (χ0n) is 37.3. The Bertz CT molecular complexity index is 3880. The monoisotopic (exact) mass is 859 g/mol. The molecule has 4 nitrogen and oxygen atoms in total. The van der Waals surface area contributed by atoms with E-state index >= 15 is 0 Å². The van der Waals surface area contributed by atoms with Crippen LogP contribution in [0.5, 0.6) is 0 Å². The number of nitrogens with zero attached hydrogens (tertiary/aromatic N) is 3. The van der Waals surface area contributed by atoms with Crippen molar-refractivity contribution < 1.29 is 4.42 Å². The summed E-state index contributed by atoms with van der Waals surface area (Å²) in [5, 5.41) is 4.70. The molecule has 0 bridgehead atoms. The molecule has 3 aromatic heterocycles. The number of fused-ring (bicyclic) bond motifs is 9. The molecule has 1 aliphatic carbocycles. The molecule has 0 fully saturated rings. The lowest BCUT2D eigenvalue weighted by Gasteiger charge is -2.22. The first kappa shape index (κ1) is 38.9. The molecule has 12 aromatic rings. The van der Waals surface area contributed by atoms with Crippen molar-refractivity contribution in [2.45, 2.75) is 26.2 Å². The highest BCUT2D eigenvalue weighted by Gasteiger charge is 2.22. The maximum atomic E-state index is 6.59. The first-order valence-electron chi connectivity index (χ1n) is 23.2. The number of hydrogen-bond donors (Lipinski definition) is 0. The van der Waals surface area contributed by atoms with Crippen molar-refractivity contribution in [2.24, 2.45) is 0 Å². The van der Waals surface area contributed by atoms with Crippen LogP contribution in [0, 0.1) is 13.8 Å². The van der Waals surface area contributed by atoms with Gasteiger partial charge < -0.3 is 8.98 Å². The van der Waals surface area contributed by atoms with Gasteiger partial charge in [-0.15, -0.1) is 0 Å². The number of hydrogen-bond acceptors (Lipinski definition) is 2. The first-order chi connectivity index (χ1) is 33.0. The van der Waals surface area contributed by atoms with Gasteiger partial charge in [-0.1, -0.05) is 158 Å². The normalized spacial score (nSPS) is 13.6. The van der Waals surface area contributed by atoms with E-state index in [2.05, 4.69) is 229 Å². The number of aryl methyl sites for hydroxylation is 1. The molecule has 0 saturated heterocycles. The van der Waals surface area contributed by atoms with Gasteiger partial charge in [-0.2, -0.15) is 0 Å².